The maximum atomic E-state index is 5.89. The normalized spacial score (nSPS) is 17.5. The topological polar surface area (TPSA) is 42.4 Å². The Morgan fingerprint density at radius 2 is 2.17 bits per heavy atom. The van der Waals surface area contributed by atoms with Crippen molar-refractivity contribution in [2.75, 3.05) is 13.6 Å². The minimum absolute atomic E-state index is 0.513. The molecular weight excluding hydrogens is 224 g/mol. The van der Waals surface area contributed by atoms with Gasteiger partial charge in [0, 0.05) is 30.1 Å². The molecule has 3 rings (SSSR count). The summed E-state index contributed by atoms with van der Waals surface area (Å²) in [6.07, 6.45) is 4.54. The highest BCUT2D eigenvalue weighted by atomic mass is 16.3. The van der Waals surface area contributed by atoms with Gasteiger partial charge in [-0.15, -0.1) is 0 Å². The number of rotatable bonds is 5. The molecule has 1 aliphatic carbocycles. The summed E-state index contributed by atoms with van der Waals surface area (Å²) in [5.41, 5.74) is 8.12. The largest absolute Gasteiger partial charge is 0.464 e. The Balaban J connectivity index is 1.79. The molecule has 1 aromatic heterocycles. The van der Waals surface area contributed by atoms with Crippen molar-refractivity contribution < 1.29 is 4.42 Å². The lowest BCUT2D eigenvalue weighted by Crippen LogP contribution is -2.39. The smallest absolute Gasteiger partial charge is 0.134 e. The van der Waals surface area contributed by atoms with E-state index in [1.807, 2.05) is 18.4 Å². The first-order valence-electron chi connectivity index (χ1n) is 6.65. The van der Waals surface area contributed by atoms with Crippen molar-refractivity contribution in [3.63, 3.8) is 0 Å². The van der Waals surface area contributed by atoms with E-state index < -0.39 is 0 Å². The van der Waals surface area contributed by atoms with E-state index >= 15 is 0 Å². The Hall–Kier alpha value is -1.32. The molecule has 1 heterocycles. The molecule has 1 saturated carbocycles. The molecule has 18 heavy (non-hydrogen) atoms. The Kier molecular flexibility index (Phi) is 3.10. The number of hydrogen-bond acceptors (Lipinski definition) is 3. The lowest BCUT2D eigenvalue weighted by atomic mass is 10.1. The van der Waals surface area contributed by atoms with Crippen molar-refractivity contribution >= 4 is 11.0 Å². The van der Waals surface area contributed by atoms with Crippen LogP contribution in [0.5, 0.6) is 0 Å². The molecule has 96 valence electrons. The third-order valence-electron chi connectivity index (χ3n) is 3.95. The van der Waals surface area contributed by atoms with Gasteiger partial charge in [0.05, 0.1) is 6.26 Å². The monoisotopic (exact) mass is 244 g/mol. The highest BCUT2D eigenvalue weighted by molar-refractivity contribution is 5.80. The number of para-hydroxylation sites is 1. The maximum Gasteiger partial charge on any atom is 0.134 e. The molecule has 1 aliphatic rings. The van der Waals surface area contributed by atoms with E-state index in [0.29, 0.717) is 6.04 Å². The summed E-state index contributed by atoms with van der Waals surface area (Å²) in [5.74, 6) is 0.804. The van der Waals surface area contributed by atoms with Crippen molar-refractivity contribution in [1.29, 1.82) is 0 Å². The number of nitrogens with two attached hydrogens (primary N) is 1. The van der Waals surface area contributed by atoms with Gasteiger partial charge in [0.1, 0.15) is 5.58 Å². The zero-order valence-electron chi connectivity index (χ0n) is 10.8. The predicted octanol–water partition coefficient (Wildman–Crippen LogP) is 2.60. The SMILES string of the molecule is CN(Cc1coc2ccccc12)C(CN)C1CC1. The van der Waals surface area contributed by atoms with Gasteiger partial charge in [-0.2, -0.15) is 0 Å². The Bertz CT molecular complexity index is 530. The van der Waals surface area contributed by atoms with Gasteiger partial charge in [-0.05, 0) is 31.9 Å². The molecule has 1 atom stereocenters. The second-order valence-corrected chi connectivity index (χ2v) is 5.31. The number of nitrogens with zero attached hydrogens (tertiary/aromatic N) is 1. The third kappa shape index (κ3) is 2.16. The molecule has 3 heteroatoms. The number of furan rings is 1. The van der Waals surface area contributed by atoms with Crippen LogP contribution in [0.4, 0.5) is 0 Å². The fourth-order valence-corrected chi connectivity index (χ4v) is 2.75. The minimum atomic E-state index is 0.513. The number of fused-ring (bicyclic) bond motifs is 1. The van der Waals surface area contributed by atoms with E-state index in [9.17, 15) is 0 Å². The van der Waals surface area contributed by atoms with Crippen molar-refractivity contribution in [1.82, 2.24) is 4.90 Å². The highest BCUT2D eigenvalue weighted by Crippen LogP contribution is 2.35. The maximum absolute atomic E-state index is 5.89. The van der Waals surface area contributed by atoms with Crippen LogP contribution in [0.25, 0.3) is 11.0 Å². The number of benzene rings is 1. The summed E-state index contributed by atoms with van der Waals surface area (Å²) in [4.78, 5) is 2.37. The fourth-order valence-electron chi connectivity index (χ4n) is 2.75. The van der Waals surface area contributed by atoms with Crippen molar-refractivity contribution in [2.24, 2.45) is 11.7 Å². The summed E-state index contributed by atoms with van der Waals surface area (Å²) in [6.45, 7) is 1.66. The van der Waals surface area contributed by atoms with Gasteiger partial charge in [-0.3, -0.25) is 4.90 Å². The summed E-state index contributed by atoms with van der Waals surface area (Å²) in [7, 11) is 2.16. The molecule has 2 aromatic rings. The van der Waals surface area contributed by atoms with Crippen LogP contribution in [0.1, 0.15) is 18.4 Å². The molecule has 1 aromatic carbocycles. The first kappa shape index (κ1) is 11.8. The van der Waals surface area contributed by atoms with E-state index in [4.69, 9.17) is 10.2 Å². The second-order valence-electron chi connectivity index (χ2n) is 5.31. The van der Waals surface area contributed by atoms with E-state index in [1.165, 1.54) is 23.8 Å². The molecule has 2 N–H and O–H groups in total. The van der Waals surface area contributed by atoms with E-state index in [2.05, 4.69) is 24.1 Å². The van der Waals surface area contributed by atoms with Gasteiger partial charge < -0.3 is 10.2 Å². The van der Waals surface area contributed by atoms with Crippen LogP contribution < -0.4 is 5.73 Å². The quantitative estimate of drug-likeness (QED) is 0.879. The first-order chi connectivity index (χ1) is 8.79. The third-order valence-corrected chi connectivity index (χ3v) is 3.95. The second kappa shape index (κ2) is 4.75. The van der Waals surface area contributed by atoms with E-state index in [0.717, 1.165) is 24.6 Å². The van der Waals surface area contributed by atoms with Crippen molar-refractivity contribution in [3.05, 3.63) is 36.1 Å². The van der Waals surface area contributed by atoms with Crippen LogP contribution in [0.2, 0.25) is 0 Å². The molecule has 0 aliphatic heterocycles. The average molecular weight is 244 g/mol. The van der Waals surface area contributed by atoms with E-state index in [1.54, 1.807) is 0 Å². The molecule has 0 amide bonds. The Morgan fingerprint density at radius 3 is 2.89 bits per heavy atom. The van der Waals surface area contributed by atoms with Gasteiger partial charge >= 0.3 is 0 Å². The standard InChI is InChI=1S/C15H20N2O/c1-17(14(8-16)11-6-7-11)9-12-10-18-15-5-3-2-4-13(12)15/h2-5,10-11,14H,6-9,16H2,1H3. The number of likely N-dealkylation sites (N-methyl/N-ethyl adjacent to an activating group) is 1. The summed E-state index contributed by atoms with van der Waals surface area (Å²) in [6, 6.07) is 8.71. The van der Waals surface area contributed by atoms with Gasteiger partial charge in [0.15, 0.2) is 0 Å². The van der Waals surface area contributed by atoms with Crippen LogP contribution in [-0.2, 0) is 6.54 Å². The molecular formula is C15H20N2O. The van der Waals surface area contributed by atoms with Crippen LogP contribution in [0.3, 0.4) is 0 Å². The lowest BCUT2D eigenvalue weighted by Gasteiger charge is -2.26. The van der Waals surface area contributed by atoms with Crippen molar-refractivity contribution in [3.8, 4) is 0 Å². The molecule has 0 saturated heterocycles. The molecule has 0 radical (unpaired) electrons. The summed E-state index contributed by atoms with van der Waals surface area (Å²) < 4.78 is 5.58. The van der Waals surface area contributed by atoms with Crippen molar-refractivity contribution in [2.45, 2.75) is 25.4 Å². The number of hydrogen-bond donors (Lipinski definition) is 1. The Morgan fingerprint density at radius 1 is 1.39 bits per heavy atom. The van der Waals surface area contributed by atoms with Gasteiger partial charge in [0.2, 0.25) is 0 Å². The molecule has 1 fully saturated rings. The van der Waals surface area contributed by atoms with E-state index in [-0.39, 0.29) is 0 Å². The Labute approximate surface area is 108 Å². The van der Waals surface area contributed by atoms with Gasteiger partial charge in [0.25, 0.3) is 0 Å². The van der Waals surface area contributed by atoms with Crippen LogP contribution in [-0.4, -0.2) is 24.5 Å². The zero-order chi connectivity index (χ0) is 12.5. The predicted molar refractivity (Wildman–Crippen MR) is 73.2 cm³/mol. The average Bonchev–Trinajstić information content (AvgIpc) is 3.13. The molecule has 0 bridgehead atoms. The summed E-state index contributed by atoms with van der Waals surface area (Å²) >= 11 is 0. The van der Waals surface area contributed by atoms with Gasteiger partial charge in [-0.25, -0.2) is 0 Å². The van der Waals surface area contributed by atoms with Crippen LogP contribution >= 0.6 is 0 Å². The fraction of sp³-hybridized carbons (Fsp3) is 0.467. The highest BCUT2D eigenvalue weighted by Gasteiger charge is 2.32. The van der Waals surface area contributed by atoms with Crippen LogP contribution in [0.15, 0.2) is 34.9 Å². The first-order valence-corrected chi connectivity index (χ1v) is 6.65. The summed E-state index contributed by atoms with van der Waals surface area (Å²) in [5, 5.41) is 1.22. The molecule has 0 spiro atoms. The van der Waals surface area contributed by atoms with Crippen LogP contribution in [0, 0.1) is 5.92 Å². The lowest BCUT2D eigenvalue weighted by molar-refractivity contribution is 0.215. The van der Waals surface area contributed by atoms with Gasteiger partial charge in [-0.1, -0.05) is 18.2 Å². The minimum Gasteiger partial charge on any atom is -0.464 e. The molecule has 3 nitrogen and oxygen atoms in total. The molecule has 1 unspecified atom stereocenters. The zero-order valence-corrected chi connectivity index (χ0v) is 10.8.